The smallest absolute Gasteiger partial charge is 0.353 e. The average molecular weight is 434 g/mol. The van der Waals surface area contributed by atoms with E-state index in [1.54, 1.807) is 48.5 Å². The van der Waals surface area contributed by atoms with Gasteiger partial charge in [-0.3, -0.25) is 9.36 Å². The van der Waals surface area contributed by atoms with Crippen molar-refractivity contribution < 1.29 is 18.3 Å². The highest BCUT2D eigenvalue weighted by Gasteiger charge is 2.24. The number of fused-ring (bicyclic) bond motifs is 1. The predicted octanol–water partition coefficient (Wildman–Crippen LogP) is 3.08. The summed E-state index contributed by atoms with van der Waals surface area (Å²) in [5.74, 6) is -1.25. The van der Waals surface area contributed by atoms with Crippen LogP contribution in [0.3, 0.4) is 0 Å². The van der Waals surface area contributed by atoms with Gasteiger partial charge in [0.25, 0.3) is 0 Å². The fourth-order valence-corrected chi connectivity index (χ4v) is 4.17. The summed E-state index contributed by atoms with van der Waals surface area (Å²) in [4.78, 5) is 30.0. The SMILES string of the molecule is CS(=O)(=O)c1ccc(Cc2c(C(=O)O)n(-c3ccccc3)c3ncccc3c2=O)cc1. The Morgan fingerprint density at radius 1 is 1.00 bits per heavy atom. The zero-order valence-corrected chi connectivity index (χ0v) is 17.3. The summed E-state index contributed by atoms with van der Waals surface area (Å²) in [6.07, 6.45) is 2.65. The molecule has 0 unspecified atom stereocenters. The Hall–Kier alpha value is -3.78. The van der Waals surface area contributed by atoms with Gasteiger partial charge in [-0.05, 0) is 42.0 Å². The molecule has 2 aromatic heterocycles. The Morgan fingerprint density at radius 3 is 2.29 bits per heavy atom. The van der Waals surface area contributed by atoms with E-state index in [0.717, 1.165) is 6.26 Å². The first-order valence-corrected chi connectivity index (χ1v) is 11.3. The van der Waals surface area contributed by atoms with Crippen molar-refractivity contribution in [2.75, 3.05) is 6.26 Å². The molecule has 7 nitrogen and oxygen atoms in total. The molecule has 2 aromatic carbocycles. The quantitative estimate of drug-likeness (QED) is 0.517. The van der Waals surface area contributed by atoms with Crippen LogP contribution in [0.15, 0.2) is 82.6 Å². The van der Waals surface area contributed by atoms with E-state index < -0.39 is 21.2 Å². The number of carboxylic acids is 1. The summed E-state index contributed by atoms with van der Waals surface area (Å²) in [6.45, 7) is 0. The van der Waals surface area contributed by atoms with Gasteiger partial charge in [0.05, 0.1) is 10.3 Å². The van der Waals surface area contributed by atoms with Gasteiger partial charge < -0.3 is 5.11 Å². The highest BCUT2D eigenvalue weighted by Crippen LogP contribution is 2.23. The molecule has 0 saturated carbocycles. The fourth-order valence-electron chi connectivity index (χ4n) is 3.54. The third-order valence-electron chi connectivity index (χ3n) is 4.98. The molecule has 0 spiro atoms. The Bertz CT molecular complexity index is 1460. The van der Waals surface area contributed by atoms with Gasteiger partial charge in [-0.1, -0.05) is 30.3 Å². The van der Waals surface area contributed by atoms with Gasteiger partial charge in [0.15, 0.2) is 15.3 Å². The van der Waals surface area contributed by atoms with Crippen LogP contribution in [0.2, 0.25) is 0 Å². The summed E-state index contributed by atoms with van der Waals surface area (Å²) in [5, 5.41) is 10.4. The highest BCUT2D eigenvalue weighted by atomic mass is 32.2. The summed E-state index contributed by atoms with van der Waals surface area (Å²) < 4.78 is 24.9. The van der Waals surface area contributed by atoms with Crippen molar-refractivity contribution >= 4 is 26.8 Å². The van der Waals surface area contributed by atoms with E-state index in [4.69, 9.17) is 0 Å². The molecule has 0 amide bonds. The Morgan fingerprint density at radius 2 is 1.68 bits per heavy atom. The first-order valence-electron chi connectivity index (χ1n) is 9.37. The predicted molar refractivity (Wildman–Crippen MR) is 117 cm³/mol. The molecule has 0 aliphatic carbocycles. The number of carbonyl (C=O) groups is 1. The van der Waals surface area contributed by atoms with Crippen molar-refractivity contribution in [3.63, 3.8) is 0 Å². The highest BCUT2D eigenvalue weighted by molar-refractivity contribution is 7.90. The van der Waals surface area contributed by atoms with Crippen LogP contribution < -0.4 is 5.43 Å². The number of rotatable bonds is 5. The van der Waals surface area contributed by atoms with E-state index in [9.17, 15) is 23.1 Å². The molecule has 1 N–H and O–H groups in total. The van der Waals surface area contributed by atoms with Crippen LogP contribution in [-0.2, 0) is 16.3 Å². The van der Waals surface area contributed by atoms with Gasteiger partial charge in [-0.15, -0.1) is 0 Å². The molecule has 0 fully saturated rings. The summed E-state index contributed by atoms with van der Waals surface area (Å²) >= 11 is 0. The van der Waals surface area contributed by atoms with Gasteiger partial charge in [-0.25, -0.2) is 18.2 Å². The van der Waals surface area contributed by atoms with Gasteiger partial charge in [0, 0.05) is 30.1 Å². The number of sulfone groups is 1. The number of hydrogen-bond donors (Lipinski definition) is 1. The van der Waals surface area contributed by atoms with Crippen molar-refractivity contribution in [3.05, 3.63) is 100.0 Å². The lowest BCUT2D eigenvalue weighted by Gasteiger charge is -2.17. The zero-order valence-electron chi connectivity index (χ0n) is 16.5. The number of aromatic carboxylic acids is 1. The number of para-hydroxylation sites is 1. The summed E-state index contributed by atoms with van der Waals surface area (Å²) in [7, 11) is -3.36. The molecule has 4 rings (SSSR count). The molecule has 4 aromatic rings. The van der Waals surface area contributed by atoms with Crippen LogP contribution in [0.4, 0.5) is 0 Å². The molecule has 0 aliphatic rings. The molecular formula is C23H18N2O5S. The van der Waals surface area contributed by atoms with Crippen molar-refractivity contribution in [1.82, 2.24) is 9.55 Å². The molecule has 0 atom stereocenters. The lowest BCUT2D eigenvalue weighted by molar-refractivity contribution is 0.0686. The number of hydrogen-bond acceptors (Lipinski definition) is 5. The maximum Gasteiger partial charge on any atom is 0.353 e. The number of benzene rings is 2. The minimum Gasteiger partial charge on any atom is -0.477 e. The average Bonchev–Trinajstić information content (AvgIpc) is 2.75. The largest absolute Gasteiger partial charge is 0.477 e. The molecule has 0 saturated heterocycles. The van der Waals surface area contributed by atoms with Crippen LogP contribution in [0.5, 0.6) is 0 Å². The van der Waals surface area contributed by atoms with Crippen LogP contribution >= 0.6 is 0 Å². The van der Waals surface area contributed by atoms with E-state index in [2.05, 4.69) is 4.98 Å². The summed E-state index contributed by atoms with van der Waals surface area (Å²) in [6, 6.07) is 18.2. The van der Waals surface area contributed by atoms with Gasteiger partial charge in [-0.2, -0.15) is 0 Å². The molecule has 156 valence electrons. The van der Waals surface area contributed by atoms with Gasteiger partial charge in [0.2, 0.25) is 0 Å². The number of aromatic nitrogens is 2. The third kappa shape index (κ3) is 3.85. The maximum atomic E-state index is 13.3. The van der Waals surface area contributed by atoms with Crippen molar-refractivity contribution in [1.29, 1.82) is 0 Å². The maximum absolute atomic E-state index is 13.3. The molecule has 0 aliphatic heterocycles. The van der Waals surface area contributed by atoms with Crippen molar-refractivity contribution in [3.8, 4) is 5.69 Å². The topological polar surface area (TPSA) is 106 Å². The third-order valence-corrected chi connectivity index (χ3v) is 6.10. The second-order valence-corrected chi connectivity index (χ2v) is 9.12. The van der Waals surface area contributed by atoms with E-state index in [1.165, 1.54) is 22.9 Å². The molecule has 31 heavy (non-hydrogen) atoms. The van der Waals surface area contributed by atoms with Crippen LogP contribution in [0.1, 0.15) is 21.6 Å². The van der Waals surface area contributed by atoms with Crippen LogP contribution in [0.25, 0.3) is 16.7 Å². The minimum absolute atomic E-state index is 0.0299. The monoisotopic (exact) mass is 434 g/mol. The second kappa shape index (κ2) is 7.81. The van der Waals surface area contributed by atoms with E-state index in [-0.39, 0.29) is 28.2 Å². The normalized spacial score (nSPS) is 11.5. The van der Waals surface area contributed by atoms with Crippen molar-refractivity contribution in [2.24, 2.45) is 0 Å². The lowest BCUT2D eigenvalue weighted by atomic mass is 10.0. The first kappa shape index (κ1) is 20.5. The van der Waals surface area contributed by atoms with Gasteiger partial charge in [0.1, 0.15) is 11.3 Å². The van der Waals surface area contributed by atoms with E-state index >= 15 is 0 Å². The van der Waals surface area contributed by atoms with Crippen LogP contribution in [-0.4, -0.2) is 35.3 Å². The summed E-state index contributed by atoms with van der Waals surface area (Å²) in [5.41, 5.74) is 0.956. The molecule has 0 bridgehead atoms. The Kier molecular flexibility index (Phi) is 5.16. The lowest BCUT2D eigenvalue weighted by Crippen LogP contribution is -2.24. The second-order valence-electron chi connectivity index (χ2n) is 7.10. The minimum atomic E-state index is -3.36. The Labute approximate surface area is 178 Å². The van der Waals surface area contributed by atoms with E-state index in [0.29, 0.717) is 16.6 Å². The standard InChI is InChI=1S/C23H18N2O5S/c1-31(29,30)17-11-9-15(10-12-17)14-19-20(23(27)28)25(16-6-3-2-4-7-16)22-18(21(19)26)8-5-13-24-22/h2-13H,14H2,1H3,(H,27,28). The van der Waals surface area contributed by atoms with Gasteiger partial charge >= 0.3 is 5.97 Å². The first-order chi connectivity index (χ1) is 14.8. The fraction of sp³-hybridized carbons (Fsp3) is 0.0870. The molecule has 0 radical (unpaired) electrons. The van der Waals surface area contributed by atoms with Crippen molar-refractivity contribution in [2.45, 2.75) is 11.3 Å². The van der Waals surface area contributed by atoms with E-state index in [1.807, 2.05) is 6.07 Å². The number of pyridine rings is 2. The Balaban J connectivity index is 1.99. The molecular weight excluding hydrogens is 416 g/mol. The molecule has 2 heterocycles. The van der Waals surface area contributed by atoms with Crippen LogP contribution in [0, 0.1) is 0 Å². The number of carboxylic acid groups (broad SMARTS) is 1. The number of nitrogens with zero attached hydrogens (tertiary/aromatic N) is 2. The zero-order chi connectivity index (χ0) is 22.2. The molecule has 8 heteroatoms.